The van der Waals surface area contributed by atoms with Crippen molar-refractivity contribution >= 4 is 34.9 Å². The third-order valence-corrected chi connectivity index (χ3v) is 4.38. The minimum Gasteiger partial charge on any atom is -0.197 e. The van der Waals surface area contributed by atoms with Crippen molar-refractivity contribution in [2.45, 2.75) is 33.0 Å². The molecular formula is C8H8N4S3. The van der Waals surface area contributed by atoms with Crippen molar-refractivity contribution in [1.82, 2.24) is 10.2 Å². The number of nitriles is 2. The highest BCUT2D eigenvalue weighted by molar-refractivity contribution is 8.04. The van der Waals surface area contributed by atoms with Crippen LogP contribution in [0.1, 0.15) is 13.8 Å². The maximum atomic E-state index is 8.62. The lowest BCUT2D eigenvalue weighted by Gasteiger charge is -1.95. The Balaban J connectivity index is 2.58. The Morgan fingerprint density at radius 1 is 1.07 bits per heavy atom. The van der Waals surface area contributed by atoms with Crippen LogP contribution < -0.4 is 0 Å². The molecule has 0 aromatic carbocycles. The smallest absolute Gasteiger partial charge is 0.176 e. The molecule has 78 valence electrons. The van der Waals surface area contributed by atoms with Crippen LogP contribution in [0.25, 0.3) is 0 Å². The molecule has 0 aliphatic heterocycles. The third kappa shape index (κ3) is 4.08. The molecule has 0 saturated carbocycles. The quantitative estimate of drug-likeness (QED) is 0.771. The van der Waals surface area contributed by atoms with Crippen LogP contribution in [-0.2, 0) is 0 Å². The van der Waals surface area contributed by atoms with Crippen molar-refractivity contribution in [2.75, 3.05) is 0 Å². The van der Waals surface area contributed by atoms with Crippen LogP contribution in [0.4, 0.5) is 0 Å². The first-order chi connectivity index (χ1) is 7.15. The van der Waals surface area contributed by atoms with Gasteiger partial charge in [0.2, 0.25) is 0 Å². The van der Waals surface area contributed by atoms with Crippen molar-refractivity contribution < 1.29 is 0 Å². The van der Waals surface area contributed by atoms with Gasteiger partial charge in [-0.1, -0.05) is 34.9 Å². The lowest BCUT2D eigenvalue weighted by atomic mass is 10.5. The van der Waals surface area contributed by atoms with Crippen LogP contribution in [0.15, 0.2) is 8.68 Å². The molecular weight excluding hydrogens is 248 g/mol. The second-order valence-corrected chi connectivity index (χ2v) is 6.77. The largest absolute Gasteiger partial charge is 0.197 e. The third-order valence-electron chi connectivity index (χ3n) is 1.31. The van der Waals surface area contributed by atoms with Gasteiger partial charge in [-0.05, 0) is 13.8 Å². The monoisotopic (exact) mass is 256 g/mol. The summed E-state index contributed by atoms with van der Waals surface area (Å²) in [5.41, 5.74) is 0. The Bertz CT molecular complexity index is 366. The molecule has 0 aliphatic rings. The predicted molar refractivity (Wildman–Crippen MR) is 61.8 cm³/mol. The van der Waals surface area contributed by atoms with Gasteiger partial charge < -0.3 is 0 Å². The Hall–Kier alpha value is -0.760. The molecule has 7 heteroatoms. The summed E-state index contributed by atoms with van der Waals surface area (Å²) in [4.78, 5) is 0. The number of nitrogens with zero attached hydrogens (tertiary/aromatic N) is 4. The fourth-order valence-electron chi connectivity index (χ4n) is 0.648. The first-order valence-corrected chi connectivity index (χ1v) is 6.69. The molecule has 15 heavy (non-hydrogen) atoms. The Kier molecular flexibility index (Phi) is 4.89. The standard InChI is InChI=1S/C8H8N4S3/c1-5(3-9)13-7-11-12-8(15-7)14-6(2)4-10/h5-6H,1-2H3/t5-,6-/m0/s1. The number of rotatable bonds is 4. The highest BCUT2D eigenvalue weighted by Gasteiger charge is 2.11. The van der Waals surface area contributed by atoms with Gasteiger partial charge in [0.15, 0.2) is 8.68 Å². The van der Waals surface area contributed by atoms with Crippen molar-refractivity contribution in [3.8, 4) is 12.1 Å². The van der Waals surface area contributed by atoms with Crippen LogP contribution in [0, 0.1) is 22.7 Å². The average molecular weight is 256 g/mol. The van der Waals surface area contributed by atoms with Gasteiger partial charge in [-0.2, -0.15) is 10.5 Å². The Morgan fingerprint density at radius 3 is 1.80 bits per heavy atom. The molecule has 0 bridgehead atoms. The van der Waals surface area contributed by atoms with Gasteiger partial charge in [0, 0.05) is 0 Å². The summed E-state index contributed by atoms with van der Waals surface area (Å²) < 4.78 is 1.55. The van der Waals surface area contributed by atoms with Crippen molar-refractivity contribution in [1.29, 1.82) is 10.5 Å². The summed E-state index contributed by atoms with van der Waals surface area (Å²) in [6.07, 6.45) is 0. The number of hydrogen-bond donors (Lipinski definition) is 0. The molecule has 1 aromatic heterocycles. The molecule has 1 heterocycles. The van der Waals surface area contributed by atoms with E-state index in [9.17, 15) is 0 Å². The highest BCUT2D eigenvalue weighted by atomic mass is 32.2. The molecule has 1 aromatic rings. The molecule has 0 aliphatic carbocycles. The second-order valence-electron chi connectivity index (χ2n) is 2.61. The fourth-order valence-corrected chi connectivity index (χ4v) is 3.73. The molecule has 4 nitrogen and oxygen atoms in total. The highest BCUT2D eigenvalue weighted by Crippen LogP contribution is 2.32. The SMILES string of the molecule is C[C@@H](C#N)Sc1nnc(S[C@@H](C)C#N)s1. The van der Waals surface area contributed by atoms with E-state index < -0.39 is 0 Å². The molecule has 0 unspecified atom stereocenters. The summed E-state index contributed by atoms with van der Waals surface area (Å²) in [7, 11) is 0. The number of aromatic nitrogens is 2. The number of thioether (sulfide) groups is 2. The lowest BCUT2D eigenvalue weighted by molar-refractivity contribution is 0.951. The van der Waals surface area contributed by atoms with Crippen LogP contribution in [0.2, 0.25) is 0 Å². The minimum atomic E-state index is -0.121. The molecule has 0 saturated heterocycles. The van der Waals surface area contributed by atoms with Crippen molar-refractivity contribution in [2.24, 2.45) is 0 Å². The maximum absolute atomic E-state index is 8.62. The van der Waals surface area contributed by atoms with Gasteiger partial charge in [0.25, 0.3) is 0 Å². The molecule has 0 spiro atoms. The summed E-state index contributed by atoms with van der Waals surface area (Å²) >= 11 is 4.20. The summed E-state index contributed by atoms with van der Waals surface area (Å²) in [5, 5.41) is 24.9. The van der Waals surface area contributed by atoms with Crippen LogP contribution in [-0.4, -0.2) is 20.7 Å². The minimum absolute atomic E-state index is 0.121. The van der Waals surface area contributed by atoms with Crippen LogP contribution in [0.5, 0.6) is 0 Å². The van der Waals surface area contributed by atoms with Crippen molar-refractivity contribution in [3.05, 3.63) is 0 Å². The molecule has 2 atom stereocenters. The fraction of sp³-hybridized carbons (Fsp3) is 0.500. The lowest BCUT2D eigenvalue weighted by Crippen LogP contribution is -1.88. The number of hydrogen-bond acceptors (Lipinski definition) is 7. The van der Waals surface area contributed by atoms with Crippen LogP contribution >= 0.6 is 34.9 Å². The molecule has 1 rings (SSSR count). The predicted octanol–water partition coefficient (Wildman–Crippen LogP) is 2.55. The maximum Gasteiger partial charge on any atom is 0.176 e. The zero-order valence-corrected chi connectivity index (χ0v) is 10.6. The molecule has 0 fully saturated rings. The van der Waals surface area contributed by atoms with Gasteiger partial charge in [-0.25, -0.2) is 0 Å². The van der Waals surface area contributed by atoms with E-state index in [-0.39, 0.29) is 10.5 Å². The summed E-state index contributed by atoms with van der Waals surface area (Å²) in [6, 6.07) is 4.23. The summed E-state index contributed by atoms with van der Waals surface area (Å²) in [6.45, 7) is 3.63. The van der Waals surface area contributed by atoms with Crippen LogP contribution in [0.3, 0.4) is 0 Å². The average Bonchev–Trinajstić information content (AvgIpc) is 2.65. The van der Waals surface area contributed by atoms with E-state index in [0.717, 1.165) is 8.68 Å². The first-order valence-electron chi connectivity index (χ1n) is 4.11. The first kappa shape index (κ1) is 12.3. The van der Waals surface area contributed by atoms with E-state index in [4.69, 9.17) is 10.5 Å². The second kappa shape index (κ2) is 5.96. The summed E-state index contributed by atoms with van der Waals surface area (Å²) in [5.74, 6) is 0. The van der Waals surface area contributed by atoms with E-state index in [0.29, 0.717) is 0 Å². The van der Waals surface area contributed by atoms with E-state index in [2.05, 4.69) is 22.3 Å². The van der Waals surface area contributed by atoms with Gasteiger partial charge in [0.1, 0.15) is 0 Å². The van der Waals surface area contributed by atoms with E-state index >= 15 is 0 Å². The van der Waals surface area contributed by atoms with Gasteiger partial charge in [-0.3, -0.25) is 0 Å². The van der Waals surface area contributed by atoms with Gasteiger partial charge in [0.05, 0.1) is 22.6 Å². The van der Waals surface area contributed by atoms with Gasteiger partial charge >= 0.3 is 0 Å². The van der Waals surface area contributed by atoms with E-state index in [1.807, 2.05) is 13.8 Å². The molecule has 0 radical (unpaired) electrons. The zero-order chi connectivity index (χ0) is 11.3. The Labute approximate surface area is 101 Å². The molecule has 0 N–H and O–H groups in total. The van der Waals surface area contributed by atoms with E-state index in [1.54, 1.807) is 0 Å². The zero-order valence-electron chi connectivity index (χ0n) is 8.17. The van der Waals surface area contributed by atoms with Crippen molar-refractivity contribution in [3.63, 3.8) is 0 Å². The Morgan fingerprint density at radius 2 is 1.47 bits per heavy atom. The topological polar surface area (TPSA) is 73.4 Å². The van der Waals surface area contributed by atoms with E-state index in [1.165, 1.54) is 34.9 Å². The molecule has 0 amide bonds. The normalized spacial score (nSPS) is 13.9. The van der Waals surface area contributed by atoms with Gasteiger partial charge in [-0.15, -0.1) is 10.2 Å².